The van der Waals surface area contributed by atoms with E-state index in [1.54, 1.807) is 0 Å². The topological polar surface area (TPSA) is 28.7 Å². The van der Waals surface area contributed by atoms with Gasteiger partial charge >= 0.3 is 12.4 Å². The molecule has 1 N–H and O–H groups in total. The summed E-state index contributed by atoms with van der Waals surface area (Å²) in [6, 6.07) is 4.06. The van der Waals surface area contributed by atoms with Gasteiger partial charge in [-0.05, 0) is 18.1 Å². The zero-order valence-corrected chi connectivity index (χ0v) is 11.1. The van der Waals surface area contributed by atoms with E-state index in [1.807, 2.05) is 0 Å². The number of halogens is 7. The second-order valence-corrected chi connectivity index (χ2v) is 4.74. The standard InChI is InChI=1S/C12H9ClF6N2/c13-5-9-20-7-3-1-2-6(10(7)21-9)4-8(11(14,15)16)12(17,18)19/h1-3,8H,4-5H2,(H,20,21). The van der Waals surface area contributed by atoms with Crippen molar-refractivity contribution in [2.24, 2.45) is 5.92 Å². The number of fused-ring (bicyclic) bond motifs is 1. The third kappa shape index (κ3) is 3.42. The van der Waals surface area contributed by atoms with Crippen molar-refractivity contribution in [2.75, 3.05) is 0 Å². The molecule has 0 spiro atoms. The molecule has 0 bridgehead atoms. The SMILES string of the molecule is FC(F)(F)C(Cc1cccc2nc(CCl)[nH]c12)C(F)(F)F. The fraction of sp³-hybridized carbons (Fsp3) is 0.417. The number of nitrogens with zero attached hydrogens (tertiary/aromatic N) is 1. The van der Waals surface area contributed by atoms with Crippen molar-refractivity contribution in [3.63, 3.8) is 0 Å². The maximum Gasteiger partial charge on any atom is 0.400 e. The van der Waals surface area contributed by atoms with Gasteiger partial charge in [0.2, 0.25) is 0 Å². The van der Waals surface area contributed by atoms with Crippen LogP contribution in [-0.4, -0.2) is 22.3 Å². The molecule has 0 aliphatic rings. The Hall–Kier alpha value is -1.44. The highest BCUT2D eigenvalue weighted by Crippen LogP contribution is 2.41. The van der Waals surface area contributed by atoms with E-state index in [2.05, 4.69) is 9.97 Å². The zero-order chi connectivity index (χ0) is 15.8. The van der Waals surface area contributed by atoms with Gasteiger partial charge in [0.25, 0.3) is 0 Å². The Labute approximate surface area is 120 Å². The fourth-order valence-corrected chi connectivity index (χ4v) is 2.14. The molecule has 0 saturated heterocycles. The highest BCUT2D eigenvalue weighted by atomic mass is 35.5. The molecular weight excluding hydrogens is 322 g/mol. The number of rotatable bonds is 3. The van der Waals surface area contributed by atoms with Gasteiger partial charge in [0.05, 0.1) is 16.9 Å². The molecule has 2 nitrogen and oxygen atoms in total. The van der Waals surface area contributed by atoms with E-state index in [0.29, 0.717) is 0 Å². The highest BCUT2D eigenvalue weighted by Gasteiger charge is 2.56. The van der Waals surface area contributed by atoms with Crippen molar-refractivity contribution in [1.82, 2.24) is 9.97 Å². The van der Waals surface area contributed by atoms with Crippen LogP contribution in [0.15, 0.2) is 18.2 Å². The number of aromatic nitrogens is 2. The van der Waals surface area contributed by atoms with Crippen LogP contribution < -0.4 is 0 Å². The molecule has 116 valence electrons. The Kier molecular flexibility index (Phi) is 4.10. The van der Waals surface area contributed by atoms with Crippen molar-refractivity contribution in [1.29, 1.82) is 0 Å². The first-order valence-electron chi connectivity index (χ1n) is 5.79. The van der Waals surface area contributed by atoms with Gasteiger partial charge in [-0.2, -0.15) is 26.3 Å². The maximum absolute atomic E-state index is 12.6. The minimum atomic E-state index is -5.37. The lowest BCUT2D eigenvalue weighted by Gasteiger charge is -2.23. The summed E-state index contributed by atoms with van der Waals surface area (Å²) in [4.78, 5) is 6.62. The Morgan fingerprint density at radius 1 is 1.10 bits per heavy atom. The quantitative estimate of drug-likeness (QED) is 0.647. The van der Waals surface area contributed by atoms with Crippen LogP contribution in [0.4, 0.5) is 26.3 Å². The number of alkyl halides is 7. The largest absolute Gasteiger partial charge is 0.400 e. The Balaban J connectivity index is 2.44. The first-order chi connectivity index (χ1) is 9.63. The minimum Gasteiger partial charge on any atom is -0.341 e. The molecular formula is C12H9ClF6N2. The molecule has 21 heavy (non-hydrogen) atoms. The summed E-state index contributed by atoms with van der Waals surface area (Å²) in [5, 5.41) is 0. The summed E-state index contributed by atoms with van der Waals surface area (Å²) >= 11 is 5.55. The zero-order valence-electron chi connectivity index (χ0n) is 10.3. The Morgan fingerprint density at radius 2 is 1.71 bits per heavy atom. The second kappa shape index (κ2) is 5.40. The van der Waals surface area contributed by atoms with Crippen LogP contribution in [0.25, 0.3) is 11.0 Å². The first kappa shape index (κ1) is 15.9. The lowest BCUT2D eigenvalue weighted by atomic mass is 9.97. The van der Waals surface area contributed by atoms with Gasteiger partial charge in [0, 0.05) is 0 Å². The van der Waals surface area contributed by atoms with Gasteiger partial charge in [0.1, 0.15) is 5.82 Å². The Morgan fingerprint density at radius 3 is 2.24 bits per heavy atom. The predicted octanol–water partition coefficient (Wildman–Crippen LogP) is 4.59. The lowest BCUT2D eigenvalue weighted by Crippen LogP contribution is -2.38. The minimum absolute atomic E-state index is 0.0178. The molecule has 0 atom stereocenters. The van der Waals surface area contributed by atoms with E-state index in [9.17, 15) is 26.3 Å². The molecule has 0 aliphatic carbocycles. The molecule has 2 aromatic rings. The van der Waals surface area contributed by atoms with Gasteiger partial charge < -0.3 is 4.98 Å². The maximum atomic E-state index is 12.6. The molecule has 1 aromatic heterocycles. The van der Waals surface area contributed by atoms with Gasteiger partial charge in [-0.15, -0.1) is 11.6 Å². The van der Waals surface area contributed by atoms with Gasteiger partial charge in [-0.1, -0.05) is 12.1 Å². The molecule has 0 aliphatic heterocycles. The average Bonchev–Trinajstić information content (AvgIpc) is 2.76. The molecule has 0 saturated carbocycles. The van der Waals surface area contributed by atoms with E-state index in [0.717, 1.165) is 0 Å². The number of H-pyrrole nitrogens is 1. The normalized spacial score (nSPS) is 13.3. The summed E-state index contributed by atoms with van der Waals surface area (Å²) in [6.07, 6.45) is -11.9. The number of hydrogen-bond acceptors (Lipinski definition) is 1. The van der Waals surface area contributed by atoms with Crippen LogP contribution in [0.2, 0.25) is 0 Å². The Bertz CT molecular complexity index is 617. The summed E-state index contributed by atoms with van der Waals surface area (Å²) in [7, 11) is 0. The van der Waals surface area contributed by atoms with Gasteiger partial charge in [-0.3, -0.25) is 0 Å². The number of imidazole rings is 1. The molecule has 2 rings (SSSR count). The van der Waals surface area contributed by atoms with Crippen molar-refractivity contribution in [3.05, 3.63) is 29.6 Å². The number of nitrogens with one attached hydrogen (secondary N) is 1. The third-order valence-electron chi connectivity index (χ3n) is 2.99. The highest BCUT2D eigenvalue weighted by molar-refractivity contribution is 6.16. The summed E-state index contributed by atoms with van der Waals surface area (Å²) in [5.74, 6) is -3.15. The van der Waals surface area contributed by atoms with Gasteiger partial charge in [0.15, 0.2) is 5.92 Å². The van der Waals surface area contributed by atoms with Crippen LogP contribution in [0, 0.1) is 5.92 Å². The lowest BCUT2D eigenvalue weighted by molar-refractivity contribution is -0.283. The van der Waals surface area contributed by atoms with Crippen LogP contribution in [-0.2, 0) is 12.3 Å². The van der Waals surface area contributed by atoms with Crippen molar-refractivity contribution >= 4 is 22.6 Å². The van der Waals surface area contributed by atoms with Crippen LogP contribution in [0.3, 0.4) is 0 Å². The average molecular weight is 331 g/mol. The second-order valence-electron chi connectivity index (χ2n) is 4.47. The molecule has 1 heterocycles. The van der Waals surface area contributed by atoms with Crippen molar-refractivity contribution in [3.8, 4) is 0 Å². The van der Waals surface area contributed by atoms with Crippen LogP contribution >= 0.6 is 11.6 Å². The molecule has 0 radical (unpaired) electrons. The summed E-state index contributed by atoms with van der Waals surface area (Å²) < 4.78 is 75.6. The molecule has 0 unspecified atom stereocenters. The van der Waals surface area contributed by atoms with Crippen LogP contribution in [0.1, 0.15) is 11.4 Å². The van der Waals surface area contributed by atoms with Crippen molar-refractivity contribution < 1.29 is 26.3 Å². The molecule has 0 amide bonds. The van der Waals surface area contributed by atoms with E-state index in [4.69, 9.17) is 11.6 Å². The number of para-hydroxylation sites is 1. The number of benzene rings is 1. The first-order valence-corrected chi connectivity index (χ1v) is 6.32. The molecule has 0 fully saturated rings. The molecule has 9 heteroatoms. The third-order valence-corrected chi connectivity index (χ3v) is 3.25. The van der Waals surface area contributed by atoms with E-state index in [1.165, 1.54) is 18.2 Å². The number of aromatic amines is 1. The summed E-state index contributed by atoms with van der Waals surface area (Å²) in [5.41, 5.74) is 0.328. The van der Waals surface area contributed by atoms with E-state index < -0.39 is 24.7 Å². The van der Waals surface area contributed by atoms with Crippen molar-refractivity contribution in [2.45, 2.75) is 24.7 Å². The summed E-state index contributed by atoms with van der Waals surface area (Å²) in [6.45, 7) is 0. The predicted molar refractivity (Wildman–Crippen MR) is 65.0 cm³/mol. The molecule has 1 aromatic carbocycles. The smallest absolute Gasteiger partial charge is 0.341 e. The van der Waals surface area contributed by atoms with Gasteiger partial charge in [-0.25, -0.2) is 4.98 Å². The van der Waals surface area contributed by atoms with E-state index >= 15 is 0 Å². The van der Waals surface area contributed by atoms with Crippen LogP contribution in [0.5, 0.6) is 0 Å². The monoisotopic (exact) mass is 330 g/mol. The van der Waals surface area contributed by atoms with E-state index in [-0.39, 0.29) is 28.3 Å². The fourth-order valence-electron chi connectivity index (χ4n) is 2.01. The number of hydrogen-bond donors (Lipinski definition) is 1.